The van der Waals surface area contributed by atoms with Crippen LogP contribution in [-0.4, -0.2) is 9.78 Å². The number of rotatable bonds is 4. The van der Waals surface area contributed by atoms with Gasteiger partial charge in [0.05, 0.1) is 17.8 Å². The van der Waals surface area contributed by atoms with E-state index in [1.807, 2.05) is 0 Å². The molecular formula is C23H22N2. The molecule has 2 nitrogen and oxygen atoms in total. The van der Waals surface area contributed by atoms with Gasteiger partial charge in [-0.05, 0) is 17.0 Å². The van der Waals surface area contributed by atoms with Gasteiger partial charge < -0.3 is 0 Å². The van der Waals surface area contributed by atoms with Gasteiger partial charge >= 0.3 is 0 Å². The second kappa shape index (κ2) is 6.56. The number of hydrogen-bond acceptors (Lipinski definition) is 1. The molecule has 0 atom stereocenters. The fourth-order valence-electron chi connectivity index (χ4n) is 3.41. The summed E-state index contributed by atoms with van der Waals surface area (Å²) in [6, 6.07) is 27.6. The molecule has 4 rings (SSSR count). The summed E-state index contributed by atoms with van der Waals surface area (Å²) in [7, 11) is 0. The smallest absolute Gasteiger partial charge is 0.0964 e. The van der Waals surface area contributed by atoms with E-state index in [4.69, 9.17) is 5.10 Å². The first-order valence-electron chi connectivity index (χ1n) is 8.83. The van der Waals surface area contributed by atoms with E-state index in [1.165, 1.54) is 27.8 Å². The van der Waals surface area contributed by atoms with Crippen molar-refractivity contribution in [1.82, 2.24) is 9.78 Å². The Morgan fingerprint density at radius 2 is 1.48 bits per heavy atom. The van der Waals surface area contributed by atoms with Crippen LogP contribution < -0.4 is 0 Å². The Labute approximate surface area is 148 Å². The third-order valence-electron chi connectivity index (χ3n) is 4.65. The molecule has 124 valence electrons. The SMILES string of the molecule is CC(C)c1cccc2c(-c3ccccc3)n(Cc3ccccc3)nc12. The van der Waals surface area contributed by atoms with E-state index < -0.39 is 0 Å². The number of aromatic nitrogens is 2. The van der Waals surface area contributed by atoms with Gasteiger partial charge in [-0.2, -0.15) is 5.10 Å². The highest BCUT2D eigenvalue weighted by Crippen LogP contribution is 2.33. The van der Waals surface area contributed by atoms with E-state index in [2.05, 4.69) is 97.4 Å². The van der Waals surface area contributed by atoms with Crippen LogP contribution in [0.3, 0.4) is 0 Å². The summed E-state index contributed by atoms with van der Waals surface area (Å²) in [5, 5.41) is 6.25. The zero-order valence-corrected chi connectivity index (χ0v) is 14.7. The fourth-order valence-corrected chi connectivity index (χ4v) is 3.41. The minimum atomic E-state index is 0.451. The molecule has 0 unspecified atom stereocenters. The lowest BCUT2D eigenvalue weighted by atomic mass is 9.98. The lowest BCUT2D eigenvalue weighted by Crippen LogP contribution is -2.03. The molecule has 0 bridgehead atoms. The van der Waals surface area contributed by atoms with Crippen molar-refractivity contribution in [2.24, 2.45) is 0 Å². The molecule has 0 aliphatic heterocycles. The Bertz CT molecular complexity index is 983. The number of fused-ring (bicyclic) bond motifs is 1. The standard InChI is InChI=1S/C23H22N2/c1-17(2)20-14-9-15-21-22(20)24-25(16-18-10-5-3-6-11-18)23(21)19-12-7-4-8-13-19/h3-15,17H,16H2,1-2H3. The molecule has 2 heteroatoms. The van der Waals surface area contributed by atoms with Crippen LogP contribution in [0.1, 0.15) is 30.9 Å². The van der Waals surface area contributed by atoms with Gasteiger partial charge in [-0.1, -0.05) is 92.7 Å². The van der Waals surface area contributed by atoms with Crippen LogP contribution in [0.4, 0.5) is 0 Å². The summed E-state index contributed by atoms with van der Waals surface area (Å²) < 4.78 is 2.15. The third kappa shape index (κ3) is 2.96. The summed E-state index contributed by atoms with van der Waals surface area (Å²) in [4.78, 5) is 0. The maximum absolute atomic E-state index is 5.02. The van der Waals surface area contributed by atoms with Crippen molar-refractivity contribution in [3.05, 3.63) is 90.0 Å². The molecule has 0 spiro atoms. The summed E-state index contributed by atoms with van der Waals surface area (Å²) in [5.74, 6) is 0.451. The summed E-state index contributed by atoms with van der Waals surface area (Å²) in [6.45, 7) is 5.23. The predicted octanol–water partition coefficient (Wildman–Crippen LogP) is 5.88. The zero-order chi connectivity index (χ0) is 17.2. The second-order valence-electron chi connectivity index (χ2n) is 6.76. The van der Waals surface area contributed by atoms with E-state index in [1.54, 1.807) is 0 Å². The van der Waals surface area contributed by atoms with Crippen LogP contribution in [0.2, 0.25) is 0 Å². The Hall–Kier alpha value is -2.87. The van der Waals surface area contributed by atoms with Gasteiger partial charge in [0.1, 0.15) is 0 Å². The molecule has 0 saturated carbocycles. The number of hydrogen-bond donors (Lipinski definition) is 0. The third-order valence-corrected chi connectivity index (χ3v) is 4.65. The molecule has 0 saturated heterocycles. The molecule has 0 aliphatic rings. The van der Waals surface area contributed by atoms with Gasteiger partial charge in [0.15, 0.2) is 0 Å². The van der Waals surface area contributed by atoms with Crippen molar-refractivity contribution >= 4 is 10.9 Å². The number of nitrogens with zero attached hydrogens (tertiary/aromatic N) is 2. The summed E-state index contributed by atoms with van der Waals surface area (Å²) in [5.41, 5.74) is 6.09. The van der Waals surface area contributed by atoms with Crippen molar-refractivity contribution in [2.45, 2.75) is 26.3 Å². The minimum Gasteiger partial charge on any atom is -0.259 e. The quantitative estimate of drug-likeness (QED) is 0.458. The van der Waals surface area contributed by atoms with Crippen molar-refractivity contribution < 1.29 is 0 Å². The van der Waals surface area contributed by atoms with E-state index in [0.717, 1.165) is 12.1 Å². The van der Waals surface area contributed by atoms with E-state index >= 15 is 0 Å². The van der Waals surface area contributed by atoms with Crippen LogP contribution in [0.15, 0.2) is 78.9 Å². The molecule has 1 heterocycles. The van der Waals surface area contributed by atoms with Gasteiger partial charge in [-0.15, -0.1) is 0 Å². The average Bonchev–Trinajstić information content (AvgIpc) is 3.00. The molecular weight excluding hydrogens is 304 g/mol. The molecule has 4 aromatic rings. The average molecular weight is 326 g/mol. The van der Waals surface area contributed by atoms with Crippen LogP contribution in [0.25, 0.3) is 22.2 Å². The number of benzene rings is 3. The van der Waals surface area contributed by atoms with E-state index in [9.17, 15) is 0 Å². The fraction of sp³-hybridized carbons (Fsp3) is 0.174. The topological polar surface area (TPSA) is 17.8 Å². The molecule has 3 aromatic carbocycles. The first-order chi connectivity index (χ1) is 12.2. The van der Waals surface area contributed by atoms with Gasteiger partial charge in [0.25, 0.3) is 0 Å². The predicted molar refractivity (Wildman–Crippen MR) is 105 cm³/mol. The van der Waals surface area contributed by atoms with Crippen LogP contribution in [-0.2, 0) is 6.54 Å². The normalized spacial score (nSPS) is 11.3. The Kier molecular flexibility index (Phi) is 4.10. The molecule has 0 radical (unpaired) electrons. The summed E-state index contributed by atoms with van der Waals surface area (Å²) in [6.07, 6.45) is 0. The van der Waals surface area contributed by atoms with E-state index in [0.29, 0.717) is 5.92 Å². The van der Waals surface area contributed by atoms with E-state index in [-0.39, 0.29) is 0 Å². The highest BCUT2D eigenvalue weighted by Gasteiger charge is 2.17. The Morgan fingerprint density at radius 1 is 0.800 bits per heavy atom. The second-order valence-corrected chi connectivity index (χ2v) is 6.76. The molecule has 0 fully saturated rings. The first kappa shape index (κ1) is 15.6. The summed E-state index contributed by atoms with van der Waals surface area (Å²) >= 11 is 0. The maximum Gasteiger partial charge on any atom is 0.0964 e. The van der Waals surface area contributed by atoms with Gasteiger partial charge in [0, 0.05) is 10.9 Å². The lowest BCUT2D eigenvalue weighted by molar-refractivity contribution is 0.701. The highest BCUT2D eigenvalue weighted by atomic mass is 15.3. The van der Waals surface area contributed by atoms with Gasteiger partial charge in [-0.3, -0.25) is 4.68 Å². The lowest BCUT2D eigenvalue weighted by Gasteiger charge is -2.08. The van der Waals surface area contributed by atoms with Crippen molar-refractivity contribution in [2.75, 3.05) is 0 Å². The highest BCUT2D eigenvalue weighted by molar-refractivity contribution is 5.95. The minimum absolute atomic E-state index is 0.451. The van der Waals surface area contributed by atoms with Crippen molar-refractivity contribution in [1.29, 1.82) is 0 Å². The molecule has 25 heavy (non-hydrogen) atoms. The van der Waals surface area contributed by atoms with Crippen LogP contribution in [0, 0.1) is 0 Å². The molecule has 0 amide bonds. The molecule has 0 aliphatic carbocycles. The molecule has 0 N–H and O–H groups in total. The maximum atomic E-state index is 5.02. The first-order valence-corrected chi connectivity index (χ1v) is 8.83. The molecule has 1 aromatic heterocycles. The van der Waals surface area contributed by atoms with Crippen molar-refractivity contribution in [3.63, 3.8) is 0 Å². The largest absolute Gasteiger partial charge is 0.259 e. The van der Waals surface area contributed by atoms with Crippen LogP contribution in [0.5, 0.6) is 0 Å². The zero-order valence-electron chi connectivity index (χ0n) is 14.7. The Balaban J connectivity index is 1.95. The van der Waals surface area contributed by atoms with Gasteiger partial charge in [-0.25, -0.2) is 0 Å². The monoisotopic (exact) mass is 326 g/mol. The van der Waals surface area contributed by atoms with Gasteiger partial charge in [0.2, 0.25) is 0 Å². The van der Waals surface area contributed by atoms with Crippen molar-refractivity contribution in [3.8, 4) is 11.3 Å². The Morgan fingerprint density at radius 3 is 2.16 bits per heavy atom. The van der Waals surface area contributed by atoms with Crippen LogP contribution >= 0.6 is 0 Å².